The van der Waals surface area contributed by atoms with E-state index in [0.29, 0.717) is 19.3 Å². The van der Waals surface area contributed by atoms with Gasteiger partial charge in [-0.05, 0) is 31.1 Å². The first-order valence-corrected chi connectivity index (χ1v) is 8.60. The fourth-order valence-corrected chi connectivity index (χ4v) is 3.11. The van der Waals surface area contributed by atoms with Crippen molar-refractivity contribution in [3.8, 4) is 0 Å². The summed E-state index contributed by atoms with van der Waals surface area (Å²) in [5.41, 5.74) is 0. The summed E-state index contributed by atoms with van der Waals surface area (Å²) in [6, 6.07) is -0.858. The summed E-state index contributed by atoms with van der Waals surface area (Å²) in [5.74, 6) is -1.24. The van der Waals surface area contributed by atoms with Crippen LogP contribution in [0.3, 0.4) is 0 Å². The van der Waals surface area contributed by atoms with Gasteiger partial charge < -0.3 is 10.4 Å². The molecule has 0 bridgehead atoms. The fourth-order valence-electron chi connectivity index (χ4n) is 3.11. The highest BCUT2D eigenvalue weighted by molar-refractivity contribution is 5.87. The average molecular weight is 323 g/mol. The Kier molecular flexibility index (Phi) is 8.00. The Morgan fingerprint density at radius 1 is 1.35 bits per heavy atom. The van der Waals surface area contributed by atoms with E-state index in [1.165, 1.54) is 0 Å². The Balaban J connectivity index is 2.62. The molecule has 0 aromatic carbocycles. The minimum absolute atomic E-state index is 0.0235. The number of allylic oxidation sites excluding steroid dienone is 2. The van der Waals surface area contributed by atoms with Gasteiger partial charge in [-0.15, -0.1) is 0 Å². The minimum atomic E-state index is -1.00. The Labute approximate surface area is 138 Å². The largest absolute Gasteiger partial charge is 0.480 e. The van der Waals surface area contributed by atoms with Crippen molar-refractivity contribution < 1.29 is 19.5 Å². The van der Waals surface area contributed by atoms with E-state index in [-0.39, 0.29) is 35.9 Å². The van der Waals surface area contributed by atoms with E-state index in [1.54, 1.807) is 0 Å². The number of carbonyl (C=O) groups is 3. The number of amides is 1. The lowest BCUT2D eigenvalue weighted by Gasteiger charge is -2.22. The molecule has 2 N–H and O–H groups in total. The summed E-state index contributed by atoms with van der Waals surface area (Å²) in [6.45, 7) is 5.76. The zero-order valence-electron chi connectivity index (χ0n) is 14.4. The van der Waals surface area contributed by atoms with Crippen molar-refractivity contribution in [3.63, 3.8) is 0 Å². The summed E-state index contributed by atoms with van der Waals surface area (Å²) in [5, 5.41) is 11.9. The van der Waals surface area contributed by atoms with Crippen LogP contribution in [-0.2, 0) is 14.4 Å². The van der Waals surface area contributed by atoms with Crippen molar-refractivity contribution in [2.75, 3.05) is 0 Å². The van der Waals surface area contributed by atoms with Crippen LogP contribution in [0.15, 0.2) is 12.2 Å². The molecular weight excluding hydrogens is 294 g/mol. The van der Waals surface area contributed by atoms with E-state index >= 15 is 0 Å². The number of aliphatic carboxylic acids is 1. The second-order valence-corrected chi connectivity index (χ2v) is 6.46. The van der Waals surface area contributed by atoms with Gasteiger partial charge >= 0.3 is 5.97 Å². The molecule has 1 rings (SSSR count). The van der Waals surface area contributed by atoms with Crippen LogP contribution in [0.5, 0.6) is 0 Å². The van der Waals surface area contributed by atoms with Crippen molar-refractivity contribution >= 4 is 17.7 Å². The second-order valence-electron chi connectivity index (χ2n) is 6.46. The van der Waals surface area contributed by atoms with Crippen molar-refractivity contribution in [3.05, 3.63) is 12.2 Å². The lowest BCUT2D eigenvalue weighted by Crippen LogP contribution is -2.45. The molecule has 1 saturated carbocycles. The molecule has 0 aliphatic heterocycles. The molecule has 0 unspecified atom stereocenters. The molecule has 1 aliphatic carbocycles. The zero-order chi connectivity index (χ0) is 17.4. The van der Waals surface area contributed by atoms with Gasteiger partial charge in [-0.25, -0.2) is 4.79 Å². The summed E-state index contributed by atoms with van der Waals surface area (Å²) in [7, 11) is 0. The maximum atomic E-state index is 12.2. The number of rotatable bonds is 9. The molecule has 23 heavy (non-hydrogen) atoms. The highest BCUT2D eigenvalue weighted by Gasteiger charge is 2.35. The van der Waals surface area contributed by atoms with E-state index in [9.17, 15) is 19.5 Å². The van der Waals surface area contributed by atoms with Crippen molar-refractivity contribution in [1.29, 1.82) is 0 Å². The first-order chi connectivity index (χ1) is 10.9. The zero-order valence-corrected chi connectivity index (χ0v) is 14.4. The number of hydrogen-bond donors (Lipinski definition) is 2. The molecule has 1 amide bonds. The van der Waals surface area contributed by atoms with E-state index in [1.807, 2.05) is 32.9 Å². The van der Waals surface area contributed by atoms with Crippen LogP contribution < -0.4 is 5.32 Å². The average Bonchev–Trinajstić information content (AvgIpc) is 2.84. The van der Waals surface area contributed by atoms with Gasteiger partial charge in [0.1, 0.15) is 11.8 Å². The third kappa shape index (κ3) is 5.81. The normalized spacial score (nSPS) is 23.9. The molecule has 5 heteroatoms. The maximum absolute atomic E-state index is 12.2. The van der Waals surface area contributed by atoms with Crippen LogP contribution in [0.25, 0.3) is 0 Å². The monoisotopic (exact) mass is 323 g/mol. The Bertz CT molecular complexity index is 458. The van der Waals surface area contributed by atoms with Gasteiger partial charge in [0.25, 0.3) is 0 Å². The highest BCUT2D eigenvalue weighted by atomic mass is 16.4. The first kappa shape index (κ1) is 19.4. The van der Waals surface area contributed by atoms with Crippen LogP contribution in [0.2, 0.25) is 0 Å². The van der Waals surface area contributed by atoms with E-state index in [4.69, 9.17) is 0 Å². The molecule has 5 nitrogen and oxygen atoms in total. The number of carboxylic acids is 1. The standard InChI is InChI=1S/C18H29NO4/c1-4-6-7-8-14-13(9-10-15(14)20)11-16(21)19-17(18(22)23)12(3)5-2/h6-7,12-14,17H,4-5,8-11H2,1-3H3,(H,19,21)(H,22,23)/b7-6-/t12-,13-,14-,17-/m1/s1. The molecule has 130 valence electrons. The molecule has 0 aromatic rings. The number of Topliss-reactive ketones (excluding diaryl/α,β-unsaturated/α-hetero) is 1. The first-order valence-electron chi connectivity index (χ1n) is 8.60. The Hall–Kier alpha value is -1.65. The smallest absolute Gasteiger partial charge is 0.326 e. The summed E-state index contributed by atoms with van der Waals surface area (Å²) < 4.78 is 0. The lowest BCUT2D eigenvalue weighted by molar-refractivity contribution is -0.143. The van der Waals surface area contributed by atoms with Crippen LogP contribution in [-0.4, -0.2) is 28.8 Å². The van der Waals surface area contributed by atoms with E-state index in [2.05, 4.69) is 5.32 Å². The van der Waals surface area contributed by atoms with Gasteiger partial charge in [0.15, 0.2) is 0 Å². The molecule has 0 spiro atoms. The predicted octanol–water partition coefficient (Wildman–Crippen LogP) is 2.94. The quantitative estimate of drug-likeness (QED) is 0.639. The van der Waals surface area contributed by atoms with Gasteiger partial charge in [0.05, 0.1) is 0 Å². The minimum Gasteiger partial charge on any atom is -0.480 e. The van der Waals surface area contributed by atoms with Crippen LogP contribution >= 0.6 is 0 Å². The van der Waals surface area contributed by atoms with Crippen LogP contribution in [0.1, 0.15) is 59.3 Å². The number of hydrogen-bond acceptors (Lipinski definition) is 3. The molecular formula is C18H29NO4. The topological polar surface area (TPSA) is 83.5 Å². The van der Waals surface area contributed by atoms with Gasteiger partial charge in [-0.3, -0.25) is 9.59 Å². The molecule has 0 saturated heterocycles. The predicted molar refractivity (Wildman–Crippen MR) is 88.9 cm³/mol. The van der Waals surface area contributed by atoms with Crippen molar-refractivity contribution in [1.82, 2.24) is 5.32 Å². The van der Waals surface area contributed by atoms with Crippen molar-refractivity contribution in [2.45, 2.75) is 65.3 Å². The third-order valence-corrected chi connectivity index (χ3v) is 4.78. The summed E-state index contributed by atoms with van der Waals surface area (Å²) in [4.78, 5) is 35.5. The maximum Gasteiger partial charge on any atom is 0.326 e. The van der Waals surface area contributed by atoms with Crippen LogP contribution in [0, 0.1) is 17.8 Å². The van der Waals surface area contributed by atoms with Gasteiger partial charge in [0, 0.05) is 18.8 Å². The van der Waals surface area contributed by atoms with Gasteiger partial charge in [-0.2, -0.15) is 0 Å². The van der Waals surface area contributed by atoms with Crippen LogP contribution in [0.4, 0.5) is 0 Å². The molecule has 0 radical (unpaired) electrons. The molecule has 1 aliphatic rings. The summed E-state index contributed by atoms with van der Waals surface area (Å²) >= 11 is 0. The third-order valence-electron chi connectivity index (χ3n) is 4.78. The summed E-state index contributed by atoms with van der Waals surface area (Å²) in [6.07, 6.45) is 7.82. The molecule has 4 atom stereocenters. The number of carbonyl (C=O) groups excluding carboxylic acids is 2. The van der Waals surface area contributed by atoms with Crippen molar-refractivity contribution in [2.24, 2.45) is 17.8 Å². The Morgan fingerprint density at radius 2 is 2.04 bits per heavy atom. The highest BCUT2D eigenvalue weighted by Crippen LogP contribution is 2.34. The number of carboxylic acid groups (broad SMARTS) is 1. The van der Waals surface area contributed by atoms with Gasteiger partial charge in [0.2, 0.25) is 5.91 Å². The number of nitrogens with one attached hydrogen (secondary N) is 1. The van der Waals surface area contributed by atoms with E-state index in [0.717, 1.165) is 12.8 Å². The number of ketones is 1. The SMILES string of the molecule is CC/C=C\C[C@H]1C(=O)CC[C@@H]1CC(=O)N[C@@H](C(=O)O)[C@H](C)CC. The lowest BCUT2D eigenvalue weighted by atomic mass is 9.89. The van der Waals surface area contributed by atoms with E-state index < -0.39 is 12.0 Å². The second kappa shape index (κ2) is 9.48. The molecule has 1 fully saturated rings. The fraction of sp³-hybridized carbons (Fsp3) is 0.722. The Morgan fingerprint density at radius 3 is 2.61 bits per heavy atom. The molecule has 0 aromatic heterocycles. The van der Waals surface area contributed by atoms with Gasteiger partial charge in [-0.1, -0.05) is 39.3 Å². The molecule has 0 heterocycles.